The average molecular weight is 208 g/mol. The van der Waals surface area contributed by atoms with Crippen molar-refractivity contribution in [2.45, 2.75) is 41.5 Å². The number of hydrogen-bond donors (Lipinski definition) is 0. The Kier molecular flexibility index (Phi) is 7.06. The number of hydrogen-bond acceptors (Lipinski definition) is 1. The van der Waals surface area contributed by atoms with Crippen LogP contribution in [0.5, 0.6) is 0 Å². The molecule has 0 aliphatic heterocycles. The van der Waals surface area contributed by atoms with Crippen LogP contribution in [0.3, 0.4) is 0 Å². The number of terminal acetylenes is 1. The van der Waals surface area contributed by atoms with E-state index < -0.39 is 0 Å². The van der Waals surface area contributed by atoms with Crippen molar-refractivity contribution in [3.05, 3.63) is 12.2 Å². The predicted octanol–water partition coefficient (Wildman–Crippen LogP) is 3.70. The lowest BCUT2D eigenvalue weighted by Gasteiger charge is -2.38. The molecule has 1 heteroatoms. The first-order valence-electron chi connectivity index (χ1n) is 4.95. The molecule has 86 valence electrons. The smallest absolute Gasteiger partial charge is 0.134 e. The molecule has 0 spiro atoms. The van der Waals surface area contributed by atoms with Crippen LogP contribution >= 0.6 is 0 Å². The first-order chi connectivity index (χ1) is 6.45. The Morgan fingerprint density at radius 1 is 1.40 bits per heavy atom. The van der Waals surface area contributed by atoms with Crippen LogP contribution in [0, 0.1) is 30.1 Å². The number of rotatable bonds is 1. The Balaban J connectivity index is 0. The van der Waals surface area contributed by atoms with E-state index >= 15 is 0 Å². The van der Waals surface area contributed by atoms with Crippen LogP contribution in [-0.2, 0) is 4.79 Å². The molecule has 2 atom stereocenters. The zero-order chi connectivity index (χ0) is 11.4. The van der Waals surface area contributed by atoms with Gasteiger partial charge in [0.05, 0.1) is 0 Å². The van der Waals surface area contributed by atoms with E-state index in [1.165, 1.54) is 0 Å². The van der Waals surface area contributed by atoms with Gasteiger partial charge in [-0.15, -0.1) is 12.8 Å². The van der Waals surface area contributed by atoms with Gasteiger partial charge in [-0.05, 0) is 24.7 Å². The van der Waals surface area contributed by atoms with Gasteiger partial charge in [0.15, 0.2) is 0 Å². The second-order valence-electron chi connectivity index (χ2n) is 4.57. The van der Waals surface area contributed by atoms with Gasteiger partial charge in [0.2, 0.25) is 0 Å². The molecular weight excluding hydrogens is 184 g/mol. The molecule has 0 bridgehead atoms. The van der Waals surface area contributed by atoms with Crippen LogP contribution in [0.4, 0.5) is 0 Å². The second kappa shape index (κ2) is 6.45. The monoisotopic (exact) mass is 208 g/mol. The largest absolute Gasteiger partial charge is 0.300 e. The molecule has 0 saturated carbocycles. The molecule has 1 nitrogen and oxygen atoms in total. The topological polar surface area (TPSA) is 17.1 Å². The third-order valence-electron chi connectivity index (χ3n) is 2.89. The fourth-order valence-corrected chi connectivity index (χ4v) is 2.46. The maximum Gasteiger partial charge on any atom is 0.134 e. The number of carbonyl (C=O) groups is 1. The van der Waals surface area contributed by atoms with E-state index in [9.17, 15) is 4.79 Å². The highest BCUT2D eigenvalue weighted by Gasteiger charge is 2.37. The van der Waals surface area contributed by atoms with E-state index in [2.05, 4.69) is 45.8 Å². The molecule has 0 aromatic carbocycles. The van der Waals surface area contributed by atoms with Gasteiger partial charge in [-0.3, -0.25) is 4.79 Å². The SMILES string of the molecule is C.C#C.CC(=O)C1C(C)C=CCC1(C)C. The van der Waals surface area contributed by atoms with Crippen molar-refractivity contribution in [2.24, 2.45) is 17.3 Å². The number of carbonyl (C=O) groups excluding carboxylic acids is 1. The molecule has 0 radical (unpaired) electrons. The molecule has 2 unspecified atom stereocenters. The van der Waals surface area contributed by atoms with Gasteiger partial charge in [0.1, 0.15) is 5.78 Å². The van der Waals surface area contributed by atoms with E-state index in [4.69, 9.17) is 0 Å². The van der Waals surface area contributed by atoms with E-state index in [1.807, 2.05) is 0 Å². The first-order valence-corrected chi connectivity index (χ1v) is 4.95. The van der Waals surface area contributed by atoms with Crippen LogP contribution in [-0.4, -0.2) is 5.78 Å². The summed E-state index contributed by atoms with van der Waals surface area (Å²) in [5, 5.41) is 0. The van der Waals surface area contributed by atoms with Crippen molar-refractivity contribution < 1.29 is 4.79 Å². The van der Waals surface area contributed by atoms with E-state index in [0.29, 0.717) is 11.7 Å². The minimum atomic E-state index is 0. The van der Waals surface area contributed by atoms with Crippen LogP contribution in [0.25, 0.3) is 0 Å². The molecule has 0 saturated heterocycles. The minimum absolute atomic E-state index is 0. The molecule has 0 amide bonds. The van der Waals surface area contributed by atoms with E-state index in [-0.39, 0.29) is 18.8 Å². The molecule has 0 aromatic heterocycles. The maximum absolute atomic E-state index is 11.4. The van der Waals surface area contributed by atoms with E-state index in [0.717, 1.165) is 6.42 Å². The number of ketones is 1. The van der Waals surface area contributed by atoms with Crippen LogP contribution in [0.2, 0.25) is 0 Å². The van der Waals surface area contributed by atoms with Gasteiger partial charge < -0.3 is 0 Å². The normalized spacial score (nSPS) is 26.8. The molecule has 0 fully saturated rings. The summed E-state index contributed by atoms with van der Waals surface area (Å²) >= 11 is 0. The molecule has 15 heavy (non-hydrogen) atoms. The summed E-state index contributed by atoms with van der Waals surface area (Å²) in [5.41, 5.74) is 0.153. The van der Waals surface area contributed by atoms with Gasteiger partial charge >= 0.3 is 0 Å². The third-order valence-corrected chi connectivity index (χ3v) is 2.89. The fraction of sp³-hybridized carbons (Fsp3) is 0.643. The predicted molar refractivity (Wildman–Crippen MR) is 67.5 cm³/mol. The van der Waals surface area contributed by atoms with Crippen molar-refractivity contribution in [2.75, 3.05) is 0 Å². The Morgan fingerprint density at radius 2 is 1.87 bits per heavy atom. The third kappa shape index (κ3) is 3.91. The maximum atomic E-state index is 11.4. The Bertz CT molecular complexity index is 245. The average Bonchev–Trinajstić information content (AvgIpc) is 2.05. The van der Waals surface area contributed by atoms with Crippen molar-refractivity contribution >= 4 is 5.78 Å². The van der Waals surface area contributed by atoms with Crippen molar-refractivity contribution in [3.8, 4) is 12.8 Å². The van der Waals surface area contributed by atoms with Crippen molar-refractivity contribution in [1.82, 2.24) is 0 Å². The number of allylic oxidation sites excluding steroid dienone is 2. The summed E-state index contributed by atoms with van der Waals surface area (Å²) in [7, 11) is 0. The van der Waals surface area contributed by atoms with Gasteiger partial charge in [-0.1, -0.05) is 40.3 Å². The molecule has 0 aromatic rings. The summed E-state index contributed by atoms with van der Waals surface area (Å²) < 4.78 is 0. The molecule has 1 rings (SSSR count). The molecule has 0 N–H and O–H groups in total. The standard InChI is InChI=1S/C11H18O.C2H2.CH4/c1-8-6-5-7-11(3,4)10(8)9(2)12;1-2;/h5-6,8,10H,7H2,1-4H3;1-2H;1H4. The molecule has 1 aliphatic rings. The highest BCUT2D eigenvalue weighted by molar-refractivity contribution is 5.79. The Hall–Kier alpha value is -1.03. The minimum Gasteiger partial charge on any atom is -0.300 e. The van der Waals surface area contributed by atoms with Crippen LogP contribution < -0.4 is 0 Å². The molecule has 0 heterocycles. The Labute approximate surface area is 95.0 Å². The summed E-state index contributed by atoms with van der Waals surface area (Å²) in [6.45, 7) is 8.20. The lowest BCUT2D eigenvalue weighted by atomic mass is 9.66. The summed E-state index contributed by atoms with van der Waals surface area (Å²) in [6.07, 6.45) is 13.4. The first kappa shape index (κ1) is 16.4. The highest BCUT2D eigenvalue weighted by Crippen LogP contribution is 2.40. The lowest BCUT2D eigenvalue weighted by Crippen LogP contribution is -2.35. The van der Waals surface area contributed by atoms with Crippen molar-refractivity contribution in [1.29, 1.82) is 0 Å². The van der Waals surface area contributed by atoms with Crippen LogP contribution in [0.15, 0.2) is 12.2 Å². The molecular formula is C14H24O. The van der Waals surface area contributed by atoms with Gasteiger partial charge in [-0.2, -0.15) is 0 Å². The summed E-state index contributed by atoms with van der Waals surface area (Å²) in [6, 6.07) is 0. The van der Waals surface area contributed by atoms with Gasteiger partial charge in [0, 0.05) is 5.92 Å². The fourth-order valence-electron chi connectivity index (χ4n) is 2.46. The van der Waals surface area contributed by atoms with Gasteiger partial charge in [0.25, 0.3) is 0 Å². The molecule has 1 aliphatic carbocycles. The number of Topliss-reactive ketones (excluding diaryl/α,β-unsaturated/α-hetero) is 1. The second-order valence-corrected chi connectivity index (χ2v) is 4.57. The van der Waals surface area contributed by atoms with Crippen molar-refractivity contribution in [3.63, 3.8) is 0 Å². The lowest BCUT2D eigenvalue weighted by molar-refractivity contribution is -0.125. The quantitative estimate of drug-likeness (QED) is 0.474. The van der Waals surface area contributed by atoms with E-state index in [1.54, 1.807) is 6.92 Å². The summed E-state index contributed by atoms with van der Waals surface area (Å²) in [5.74, 6) is 0.950. The van der Waals surface area contributed by atoms with Crippen LogP contribution in [0.1, 0.15) is 41.5 Å². The highest BCUT2D eigenvalue weighted by atomic mass is 16.1. The zero-order valence-electron chi connectivity index (χ0n) is 9.58. The van der Waals surface area contributed by atoms with Gasteiger partial charge in [-0.25, -0.2) is 0 Å². The Morgan fingerprint density at radius 3 is 2.13 bits per heavy atom. The zero-order valence-corrected chi connectivity index (χ0v) is 9.58. The summed E-state index contributed by atoms with van der Waals surface area (Å²) in [4.78, 5) is 11.4.